The average molecular weight is 182 g/mol. The largest absolute Gasteiger partial charge is 0.339 e. The van der Waals surface area contributed by atoms with Gasteiger partial charge in [-0.05, 0) is 12.8 Å². The van der Waals surface area contributed by atoms with E-state index in [4.69, 9.17) is 4.52 Å². The van der Waals surface area contributed by atoms with Crippen LogP contribution in [0.5, 0.6) is 0 Å². The Morgan fingerprint density at radius 2 is 1.77 bits per heavy atom. The molecule has 2 atom stereocenters. The van der Waals surface area contributed by atoms with E-state index in [0.29, 0.717) is 11.8 Å². The minimum Gasteiger partial charge on any atom is -0.339 e. The summed E-state index contributed by atoms with van der Waals surface area (Å²) < 4.78 is 5.18. The van der Waals surface area contributed by atoms with Crippen molar-refractivity contribution in [2.45, 2.75) is 52.4 Å². The van der Waals surface area contributed by atoms with Gasteiger partial charge < -0.3 is 4.52 Å². The lowest BCUT2D eigenvalue weighted by Gasteiger charge is -2.00. The zero-order valence-corrected chi connectivity index (χ0v) is 8.87. The van der Waals surface area contributed by atoms with Crippen LogP contribution in [0, 0.1) is 0 Å². The lowest BCUT2D eigenvalue weighted by atomic mass is 10.1. The van der Waals surface area contributed by atoms with Crippen molar-refractivity contribution in [1.82, 2.24) is 10.1 Å². The van der Waals surface area contributed by atoms with Gasteiger partial charge in [-0.25, -0.2) is 0 Å². The SMILES string of the molecule is CCC(C)c1noc(C(C)CC)n1. The maximum absolute atomic E-state index is 5.18. The molecule has 74 valence electrons. The van der Waals surface area contributed by atoms with E-state index in [1.54, 1.807) is 0 Å². The van der Waals surface area contributed by atoms with Crippen molar-refractivity contribution >= 4 is 0 Å². The first-order chi connectivity index (χ1) is 6.19. The van der Waals surface area contributed by atoms with Gasteiger partial charge in [0.25, 0.3) is 0 Å². The maximum atomic E-state index is 5.18. The summed E-state index contributed by atoms with van der Waals surface area (Å²) in [5.41, 5.74) is 0. The Kier molecular flexibility index (Phi) is 3.46. The Morgan fingerprint density at radius 3 is 2.31 bits per heavy atom. The fraction of sp³-hybridized carbons (Fsp3) is 0.800. The van der Waals surface area contributed by atoms with Crippen molar-refractivity contribution in [3.8, 4) is 0 Å². The molecule has 0 aromatic carbocycles. The summed E-state index contributed by atoms with van der Waals surface area (Å²) in [6, 6.07) is 0. The van der Waals surface area contributed by atoms with Gasteiger partial charge in [0, 0.05) is 11.8 Å². The molecule has 1 aromatic heterocycles. The van der Waals surface area contributed by atoms with E-state index in [1.165, 1.54) is 0 Å². The fourth-order valence-corrected chi connectivity index (χ4v) is 1.00. The molecule has 1 heterocycles. The molecular formula is C10H18N2O. The van der Waals surface area contributed by atoms with Gasteiger partial charge in [-0.15, -0.1) is 0 Å². The highest BCUT2D eigenvalue weighted by Gasteiger charge is 2.15. The second-order valence-corrected chi connectivity index (χ2v) is 3.61. The van der Waals surface area contributed by atoms with Gasteiger partial charge in [-0.2, -0.15) is 4.98 Å². The number of hydrogen-bond acceptors (Lipinski definition) is 3. The fourth-order valence-electron chi connectivity index (χ4n) is 1.00. The van der Waals surface area contributed by atoms with Crippen LogP contribution in [0.15, 0.2) is 4.52 Å². The summed E-state index contributed by atoms with van der Waals surface area (Å²) in [6.07, 6.45) is 2.10. The molecule has 0 saturated heterocycles. The van der Waals surface area contributed by atoms with Crippen molar-refractivity contribution in [3.63, 3.8) is 0 Å². The van der Waals surface area contributed by atoms with E-state index in [-0.39, 0.29) is 0 Å². The zero-order valence-electron chi connectivity index (χ0n) is 8.87. The lowest BCUT2D eigenvalue weighted by molar-refractivity contribution is 0.350. The summed E-state index contributed by atoms with van der Waals surface area (Å²) in [6.45, 7) is 8.47. The highest BCUT2D eigenvalue weighted by atomic mass is 16.5. The molecule has 0 saturated carbocycles. The molecule has 2 unspecified atom stereocenters. The van der Waals surface area contributed by atoms with E-state index in [0.717, 1.165) is 24.6 Å². The molecule has 0 amide bonds. The van der Waals surface area contributed by atoms with Crippen molar-refractivity contribution in [3.05, 3.63) is 11.7 Å². The first-order valence-electron chi connectivity index (χ1n) is 5.02. The van der Waals surface area contributed by atoms with Gasteiger partial charge in [0.2, 0.25) is 5.89 Å². The maximum Gasteiger partial charge on any atom is 0.229 e. The topological polar surface area (TPSA) is 38.9 Å². The molecule has 13 heavy (non-hydrogen) atoms. The predicted octanol–water partition coefficient (Wildman–Crippen LogP) is 3.10. The molecule has 0 aliphatic heterocycles. The van der Waals surface area contributed by atoms with E-state index in [2.05, 4.69) is 37.8 Å². The monoisotopic (exact) mass is 182 g/mol. The van der Waals surface area contributed by atoms with Crippen LogP contribution in [0.3, 0.4) is 0 Å². The third kappa shape index (κ3) is 2.29. The van der Waals surface area contributed by atoms with Gasteiger partial charge in [0.05, 0.1) is 0 Å². The minimum absolute atomic E-state index is 0.380. The second-order valence-electron chi connectivity index (χ2n) is 3.61. The highest BCUT2D eigenvalue weighted by molar-refractivity contribution is 4.96. The Bertz CT molecular complexity index is 233. The van der Waals surface area contributed by atoms with Crippen molar-refractivity contribution < 1.29 is 4.52 Å². The first kappa shape index (κ1) is 10.2. The number of nitrogens with zero attached hydrogens (tertiary/aromatic N) is 2. The lowest BCUT2D eigenvalue weighted by Crippen LogP contribution is -1.96. The van der Waals surface area contributed by atoms with E-state index in [9.17, 15) is 0 Å². The normalized spacial score (nSPS) is 15.7. The molecule has 0 fully saturated rings. The van der Waals surface area contributed by atoms with Gasteiger partial charge >= 0.3 is 0 Å². The molecule has 0 bridgehead atoms. The molecule has 0 N–H and O–H groups in total. The Morgan fingerprint density at radius 1 is 1.15 bits per heavy atom. The molecule has 0 aliphatic rings. The standard InChI is InChI=1S/C10H18N2O/c1-5-7(3)9-11-10(13-12-9)8(4)6-2/h7-8H,5-6H2,1-4H3. The van der Waals surface area contributed by atoms with Crippen LogP contribution in [-0.4, -0.2) is 10.1 Å². The average Bonchev–Trinajstić information content (AvgIpc) is 2.64. The number of aromatic nitrogens is 2. The summed E-state index contributed by atoms with van der Waals surface area (Å²) >= 11 is 0. The third-order valence-electron chi connectivity index (χ3n) is 2.54. The zero-order chi connectivity index (χ0) is 9.84. The molecule has 1 rings (SSSR count). The molecule has 1 aromatic rings. The van der Waals surface area contributed by atoms with Crippen LogP contribution in [0.25, 0.3) is 0 Å². The Labute approximate surface area is 79.5 Å². The molecule has 0 spiro atoms. The molecular weight excluding hydrogens is 164 g/mol. The molecule has 3 heteroatoms. The van der Waals surface area contributed by atoms with E-state index >= 15 is 0 Å². The smallest absolute Gasteiger partial charge is 0.229 e. The van der Waals surface area contributed by atoms with Gasteiger partial charge in [0.1, 0.15) is 0 Å². The van der Waals surface area contributed by atoms with Gasteiger partial charge in [-0.3, -0.25) is 0 Å². The molecule has 0 aliphatic carbocycles. The third-order valence-corrected chi connectivity index (χ3v) is 2.54. The van der Waals surface area contributed by atoms with Crippen LogP contribution >= 0.6 is 0 Å². The van der Waals surface area contributed by atoms with E-state index < -0.39 is 0 Å². The molecule has 3 nitrogen and oxygen atoms in total. The summed E-state index contributed by atoms with van der Waals surface area (Å²) in [5, 5.41) is 3.97. The summed E-state index contributed by atoms with van der Waals surface area (Å²) in [7, 11) is 0. The Balaban J connectivity index is 2.74. The molecule has 0 radical (unpaired) electrons. The van der Waals surface area contributed by atoms with Crippen LogP contribution in [0.2, 0.25) is 0 Å². The Hall–Kier alpha value is -0.860. The van der Waals surface area contributed by atoms with Gasteiger partial charge in [0.15, 0.2) is 5.82 Å². The number of hydrogen-bond donors (Lipinski definition) is 0. The predicted molar refractivity (Wildman–Crippen MR) is 51.7 cm³/mol. The minimum atomic E-state index is 0.380. The quantitative estimate of drug-likeness (QED) is 0.718. The van der Waals surface area contributed by atoms with Crippen LogP contribution in [0.4, 0.5) is 0 Å². The van der Waals surface area contributed by atoms with Crippen LogP contribution < -0.4 is 0 Å². The summed E-state index contributed by atoms with van der Waals surface area (Å²) in [5.74, 6) is 2.41. The van der Waals surface area contributed by atoms with E-state index in [1.807, 2.05) is 0 Å². The van der Waals surface area contributed by atoms with Crippen molar-refractivity contribution in [1.29, 1.82) is 0 Å². The van der Waals surface area contributed by atoms with Gasteiger partial charge in [-0.1, -0.05) is 32.9 Å². The van der Waals surface area contributed by atoms with Crippen LogP contribution in [-0.2, 0) is 0 Å². The van der Waals surface area contributed by atoms with Crippen molar-refractivity contribution in [2.75, 3.05) is 0 Å². The van der Waals surface area contributed by atoms with Crippen LogP contribution in [0.1, 0.15) is 64.1 Å². The van der Waals surface area contributed by atoms with Crippen molar-refractivity contribution in [2.24, 2.45) is 0 Å². The summed E-state index contributed by atoms with van der Waals surface area (Å²) in [4.78, 5) is 4.37. The highest BCUT2D eigenvalue weighted by Crippen LogP contribution is 2.20. The second kappa shape index (κ2) is 4.40. The first-order valence-corrected chi connectivity index (χ1v) is 5.02. The number of rotatable bonds is 4.